The van der Waals surface area contributed by atoms with Gasteiger partial charge in [0.25, 0.3) is 11.8 Å². The number of pyridine rings is 1. The second-order valence-corrected chi connectivity index (χ2v) is 7.57. The molecule has 0 saturated carbocycles. The Balaban J connectivity index is 1.75. The third-order valence-electron chi connectivity index (χ3n) is 4.71. The number of furan rings is 1. The van der Waals surface area contributed by atoms with Crippen molar-refractivity contribution in [2.75, 3.05) is 7.11 Å². The molecular weight excluding hydrogens is 442 g/mol. The van der Waals surface area contributed by atoms with Gasteiger partial charge in [-0.3, -0.25) is 14.6 Å². The molecule has 0 aliphatic heterocycles. The largest absolute Gasteiger partial charge is 0.496 e. The number of carbonyl (C=O) groups is 2. The van der Waals surface area contributed by atoms with Gasteiger partial charge < -0.3 is 24.9 Å². The van der Waals surface area contributed by atoms with E-state index in [9.17, 15) is 9.59 Å². The SMILES string of the molecule is [B]C([B])([B])NC(=O)c1coc2cc(Oc3ccnc4cc(OC)c(C(N)=O)cc34)c(Cl)cc12. The van der Waals surface area contributed by atoms with Crippen molar-refractivity contribution in [3.8, 4) is 17.2 Å². The third-order valence-corrected chi connectivity index (χ3v) is 5.01. The number of halogens is 1. The smallest absolute Gasteiger partial charge is 0.253 e. The van der Waals surface area contributed by atoms with Gasteiger partial charge in [0.1, 0.15) is 29.1 Å². The number of amides is 2. The maximum Gasteiger partial charge on any atom is 0.253 e. The molecule has 8 nitrogen and oxygen atoms in total. The molecule has 33 heavy (non-hydrogen) atoms. The molecule has 0 bridgehead atoms. The molecule has 0 aliphatic rings. The number of carbonyl (C=O) groups excluding carboxylic acids is 2. The molecular formula is C21H13B3ClN3O5. The Kier molecular flexibility index (Phi) is 5.76. The highest BCUT2D eigenvalue weighted by molar-refractivity contribution is 6.60. The Morgan fingerprint density at radius 2 is 1.85 bits per heavy atom. The summed E-state index contributed by atoms with van der Waals surface area (Å²) in [5.41, 5.74) is 6.60. The average Bonchev–Trinajstić information content (AvgIpc) is 3.14. The Morgan fingerprint density at radius 3 is 2.52 bits per heavy atom. The standard InChI is InChI=1S/C21H13B3ClN3O5/c1-31-16-6-14-10(4-11(16)19(26)29)15(2-3-27-14)33-18-7-17-9(5-13(18)25)12(8-32-17)20(30)28-21(22,23)24/h2-8H,1H3,(H2,26,29)(H,28,30). The first kappa shape index (κ1) is 22.6. The molecule has 0 saturated heterocycles. The number of aromatic nitrogens is 1. The number of fused-ring (bicyclic) bond motifs is 2. The molecule has 0 spiro atoms. The van der Waals surface area contributed by atoms with Gasteiger partial charge in [-0.25, -0.2) is 0 Å². The molecule has 0 unspecified atom stereocenters. The first-order chi connectivity index (χ1) is 15.6. The molecule has 4 rings (SSSR count). The van der Waals surface area contributed by atoms with Gasteiger partial charge >= 0.3 is 0 Å². The van der Waals surface area contributed by atoms with Crippen LogP contribution in [0.5, 0.6) is 17.2 Å². The summed E-state index contributed by atoms with van der Waals surface area (Å²) in [6, 6.07) is 7.72. The lowest BCUT2D eigenvalue weighted by molar-refractivity contribution is 0.0951. The van der Waals surface area contributed by atoms with E-state index in [0.717, 1.165) is 0 Å². The van der Waals surface area contributed by atoms with Crippen molar-refractivity contribution in [2.24, 2.45) is 5.73 Å². The summed E-state index contributed by atoms with van der Waals surface area (Å²) in [5.74, 6) is -0.424. The number of primary amides is 1. The predicted molar refractivity (Wildman–Crippen MR) is 126 cm³/mol. The Bertz CT molecular complexity index is 1420. The van der Waals surface area contributed by atoms with E-state index >= 15 is 0 Å². The van der Waals surface area contributed by atoms with Crippen molar-refractivity contribution < 1.29 is 23.5 Å². The minimum atomic E-state index is -1.90. The van der Waals surface area contributed by atoms with Gasteiger partial charge in [0.2, 0.25) is 0 Å². The number of ether oxygens (including phenoxy) is 2. The Labute approximate surface area is 197 Å². The number of nitrogens with two attached hydrogens (primary N) is 1. The molecule has 2 aromatic carbocycles. The van der Waals surface area contributed by atoms with Crippen molar-refractivity contribution in [1.82, 2.24) is 10.3 Å². The molecule has 3 N–H and O–H groups in total. The lowest BCUT2D eigenvalue weighted by Gasteiger charge is -2.21. The fourth-order valence-corrected chi connectivity index (χ4v) is 3.47. The quantitative estimate of drug-likeness (QED) is 0.432. The number of hydrogen-bond acceptors (Lipinski definition) is 6. The van der Waals surface area contributed by atoms with Crippen LogP contribution in [0.1, 0.15) is 20.7 Å². The van der Waals surface area contributed by atoms with Crippen LogP contribution in [0.25, 0.3) is 21.9 Å². The summed E-state index contributed by atoms with van der Waals surface area (Å²) < 4.78 is 16.7. The third kappa shape index (κ3) is 4.49. The first-order valence-electron chi connectivity index (χ1n) is 9.41. The van der Waals surface area contributed by atoms with Gasteiger partial charge in [-0.1, -0.05) is 16.8 Å². The van der Waals surface area contributed by atoms with Crippen molar-refractivity contribution >= 4 is 68.8 Å². The monoisotopic (exact) mass is 455 g/mol. The summed E-state index contributed by atoms with van der Waals surface area (Å²) >= 11 is 6.42. The summed E-state index contributed by atoms with van der Waals surface area (Å²) in [4.78, 5) is 28.5. The van der Waals surface area contributed by atoms with Crippen LogP contribution in [0, 0.1) is 0 Å². The van der Waals surface area contributed by atoms with Gasteiger partial charge in [0, 0.05) is 29.1 Å². The van der Waals surface area contributed by atoms with Gasteiger partial charge in [0.15, 0.2) is 0 Å². The summed E-state index contributed by atoms with van der Waals surface area (Å²) in [7, 11) is 17.7. The van der Waals surface area contributed by atoms with Crippen molar-refractivity contribution in [3.05, 3.63) is 58.9 Å². The molecule has 2 aromatic heterocycles. The fourth-order valence-electron chi connectivity index (χ4n) is 3.26. The second kappa shape index (κ2) is 8.40. The molecule has 0 fully saturated rings. The maximum absolute atomic E-state index is 12.4. The van der Waals surface area contributed by atoms with Crippen LogP contribution < -0.4 is 20.5 Å². The van der Waals surface area contributed by atoms with E-state index < -0.39 is 17.1 Å². The summed E-state index contributed by atoms with van der Waals surface area (Å²) in [6.07, 6.45) is 2.75. The lowest BCUT2D eigenvalue weighted by Crippen LogP contribution is -2.50. The number of rotatable bonds is 6. The van der Waals surface area contributed by atoms with Crippen molar-refractivity contribution in [2.45, 2.75) is 5.24 Å². The van der Waals surface area contributed by atoms with Gasteiger partial charge in [0.05, 0.1) is 52.3 Å². The summed E-state index contributed by atoms with van der Waals surface area (Å²) in [6.45, 7) is 0. The zero-order valence-corrected chi connectivity index (χ0v) is 18.0. The number of methoxy groups -OCH3 is 1. The second-order valence-electron chi connectivity index (χ2n) is 7.16. The van der Waals surface area contributed by atoms with Crippen LogP contribution in [0.15, 0.2) is 47.2 Å². The van der Waals surface area contributed by atoms with Crippen LogP contribution in [0.3, 0.4) is 0 Å². The molecule has 6 radical (unpaired) electrons. The number of nitrogens with zero attached hydrogens (tertiary/aromatic N) is 1. The molecule has 0 atom stereocenters. The average molecular weight is 455 g/mol. The molecule has 12 heteroatoms. The van der Waals surface area contributed by atoms with Gasteiger partial charge in [-0.15, -0.1) is 0 Å². The molecule has 4 aromatic rings. The molecule has 2 heterocycles. The summed E-state index contributed by atoms with van der Waals surface area (Å²) in [5, 5.41) is 1.43. The highest BCUT2D eigenvalue weighted by Crippen LogP contribution is 2.38. The number of hydrogen-bond donors (Lipinski definition) is 2. The Morgan fingerprint density at radius 1 is 1.09 bits per heavy atom. The zero-order chi connectivity index (χ0) is 23.9. The highest BCUT2D eigenvalue weighted by atomic mass is 35.5. The van der Waals surface area contributed by atoms with E-state index in [1.165, 1.54) is 37.8 Å². The Hall–Kier alpha value is -3.59. The minimum Gasteiger partial charge on any atom is -0.496 e. The normalized spacial score (nSPS) is 11.5. The van der Waals surface area contributed by atoms with Crippen LogP contribution in [0.2, 0.25) is 5.02 Å². The topological polar surface area (TPSA) is 117 Å². The van der Waals surface area contributed by atoms with Crippen LogP contribution in [0.4, 0.5) is 0 Å². The van der Waals surface area contributed by atoms with E-state index in [-0.39, 0.29) is 27.6 Å². The molecule has 158 valence electrons. The van der Waals surface area contributed by atoms with Crippen LogP contribution in [-0.4, -0.2) is 52.7 Å². The first-order valence-corrected chi connectivity index (χ1v) is 9.79. The molecule has 2 amide bonds. The maximum atomic E-state index is 12.4. The predicted octanol–water partition coefficient (Wildman–Crippen LogP) is 2.38. The number of nitrogens with one attached hydrogen (secondary N) is 1. The molecule has 0 aliphatic carbocycles. The van der Waals surface area contributed by atoms with E-state index in [2.05, 4.69) is 10.3 Å². The van der Waals surface area contributed by atoms with E-state index in [4.69, 9.17) is 54.8 Å². The lowest BCUT2D eigenvalue weighted by atomic mass is 9.49. The van der Waals surface area contributed by atoms with E-state index in [0.29, 0.717) is 27.6 Å². The minimum absolute atomic E-state index is 0.136. The van der Waals surface area contributed by atoms with E-state index in [1.54, 1.807) is 12.1 Å². The van der Waals surface area contributed by atoms with Gasteiger partial charge in [-0.2, -0.15) is 0 Å². The van der Waals surface area contributed by atoms with Crippen LogP contribution >= 0.6 is 11.6 Å². The zero-order valence-electron chi connectivity index (χ0n) is 17.2. The fraction of sp³-hybridized carbons (Fsp3) is 0.0952. The van der Waals surface area contributed by atoms with Gasteiger partial charge in [-0.05, 0) is 18.2 Å². The highest BCUT2D eigenvalue weighted by Gasteiger charge is 2.21. The van der Waals surface area contributed by atoms with Crippen molar-refractivity contribution in [3.63, 3.8) is 0 Å². The van der Waals surface area contributed by atoms with Crippen LogP contribution in [-0.2, 0) is 0 Å². The van der Waals surface area contributed by atoms with E-state index in [1.807, 2.05) is 0 Å². The van der Waals surface area contributed by atoms with Crippen molar-refractivity contribution in [1.29, 1.82) is 0 Å². The number of benzene rings is 2.